The molecule has 1 aromatic carbocycles. The van der Waals surface area contributed by atoms with Gasteiger partial charge in [-0.3, -0.25) is 0 Å². The van der Waals surface area contributed by atoms with E-state index in [2.05, 4.69) is 8.75 Å². The Labute approximate surface area is 97.4 Å². The van der Waals surface area contributed by atoms with Crippen molar-refractivity contribution in [3.05, 3.63) is 24.3 Å². The van der Waals surface area contributed by atoms with Gasteiger partial charge >= 0.3 is 0 Å². The summed E-state index contributed by atoms with van der Waals surface area (Å²) in [5, 5.41) is 0. The van der Waals surface area contributed by atoms with Gasteiger partial charge in [-0.2, -0.15) is 8.75 Å². The zero-order chi connectivity index (χ0) is 11.0. The summed E-state index contributed by atoms with van der Waals surface area (Å²) in [6.45, 7) is 0. The third kappa shape index (κ3) is 1.86. The summed E-state index contributed by atoms with van der Waals surface area (Å²) in [7, 11) is 0. The smallest absolute Gasteiger partial charge is 0.165 e. The maximum atomic E-state index is 5.71. The van der Waals surface area contributed by atoms with Crippen LogP contribution in [0.1, 0.15) is 12.8 Å². The highest BCUT2D eigenvalue weighted by Gasteiger charge is 2.23. The SMILES string of the molecule is Nc1nsnc1-c1ccc(OC2CC2)cc1. The Balaban J connectivity index is 1.83. The number of hydrogen-bond donors (Lipinski definition) is 1. The van der Waals surface area contributed by atoms with Gasteiger partial charge in [-0.15, -0.1) is 0 Å². The number of anilines is 1. The van der Waals surface area contributed by atoms with E-state index in [-0.39, 0.29) is 0 Å². The molecule has 1 aliphatic carbocycles. The van der Waals surface area contributed by atoms with Gasteiger partial charge in [0.15, 0.2) is 5.82 Å². The van der Waals surface area contributed by atoms with Crippen LogP contribution < -0.4 is 10.5 Å². The van der Waals surface area contributed by atoms with Crippen LogP contribution in [0.25, 0.3) is 11.3 Å². The van der Waals surface area contributed by atoms with E-state index in [9.17, 15) is 0 Å². The van der Waals surface area contributed by atoms with E-state index in [1.165, 1.54) is 12.8 Å². The summed E-state index contributed by atoms with van der Waals surface area (Å²) in [5.41, 5.74) is 7.44. The van der Waals surface area contributed by atoms with E-state index >= 15 is 0 Å². The summed E-state index contributed by atoms with van der Waals surface area (Å²) in [5.74, 6) is 1.40. The fourth-order valence-electron chi connectivity index (χ4n) is 1.47. The molecule has 0 unspecified atom stereocenters. The van der Waals surface area contributed by atoms with Crippen molar-refractivity contribution in [2.24, 2.45) is 0 Å². The molecule has 5 heteroatoms. The van der Waals surface area contributed by atoms with Gasteiger partial charge < -0.3 is 10.5 Å². The monoisotopic (exact) mass is 233 g/mol. The molecule has 4 nitrogen and oxygen atoms in total. The maximum absolute atomic E-state index is 5.71. The standard InChI is InChI=1S/C11H11N3OS/c12-11-10(13-16-14-11)7-1-3-8(4-2-7)15-9-5-6-9/h1-4,9H,5-6H2,(H2,12,14). The second-order valence-electron chi connectivity index (χ2n) is 3.84. The molecule has 0 saturated heterocycles. The average Bonchev–Trinajstić information content (AvgIpc) is 3.00. The second kappa shape index (κ2) is 3.75. The number of ether oxygens (including phenoxy) is 1. The van der Waals surface area contributed by atoms with Gasteiger partial charge in [0.2, 0.25) is 0 Å². The van der Waals surface area contributed by atoms with Crippen LogP contribution in [-0.4, -0.2) is 14.9 Å². The van der Waals surface area contributed by atoms with Gasteiger partial charge in [-0.25, -0.2) is 0 Å². The highest BCUT2D eigenvalue weighted by molar-refractivity contribution is 6.99. The Kier molecular flexibility index (Phi) is 2.25. The Morgan fingerprint density at radius 3 is 2.50 bits per heavy atom. The van der Waals surface area contributed by atoms with Crippen LogP contribution >= 0.6 is 11.7 Å². The Bertz CT molecular complexity index is 490. The van der Waals surface area contributed by atoms with Gasteiger partial charge in [0.05, 0.1) is 17.8 Å². The van der Waals surface area contributed by atoms with Crippen molar-refractivity contribution in [3.8, 4) is 17.0 Å². The minimum absolute atomic E-state index is 0.428. The minimum atomic E-state index is 0.428. The predicted molar refractivity (Wildman–Crippen MR) is 63.4 cm³/mol. The molecule has 1 heterocycles. The molecule has 1 aromatic heterocycles. The lowest BCUT2D eigenvalue weighted by Gasteiger charge is -2.04. The van der Waals surface area contributed by atoms with Gasteiger partial charge in [0.1, 0.15) is 11.4 Å². The summed E-state index contributed by atoms with van der Waals surface area (Å²) >= 11 is 1.13. The molecule has 0 atom stereocenters. The molecule has 1 saturated carbocycles. The first-order valence-corrected chi connectivity index (χ1v) is 5.91. The molecule has 0 aliphatic heterocycles. The molecule has 0 spiro atoms. The molecule has 3 rings (SSSR count). The highest BCUT2D eigenvalue weighted by atomic mass is 32.1. The van der Waals surface area contributed by atoms with Crippen molar-refractivity contribution in [1.82, 2.24) is 8.75 Å². The molecule has 2 aromatic rings. The van der Waals surface area contributed by atoms with Crippen molar-refractivity contribution in [3.63, 3.8) is 0 Å². The summed E-state index contributed by atoms with van der Waals surface area (Å²) in [6, 6.07) is 7.83. The third-order valence-corrected chi connectivity index (χ3v) is 3.01. The zero-order valence-electron chi connectivity index (χ0n) is 8.59. The van der Waals surface area contributed by atoms with E-state index in [1.54, 1.807) is 0 Å². The van der Waals surface area contributed by atoms with Crippen molar-refractivity contribution >= 4 is 17.5 Å². The first kappa shape index (κ1) is 9.59. The highest BCUT2D eigenvalue weighted by Crippen LogP contribution is 2.29. The number of nitrogens with two attached hydrogens (primary N) is 1. The largest absolute Gasteiger partial charge is 0.490 e. The third-order valence-electron chi connectivity index (χ3n) is 2.47. The topological polar surface area (TPSA) is 61.0 Å². The molecule has 1 aliphatic rings. The fourth-order valence-corrected chi connectivity index (χ4v) is 1.96. The van der Waals surface area contributed by atoms with Gasteiger partial charge in [-0.1, -0.05) is 0 Å². The van der Waals surface area contributed by atoms with Crippen LogP contribution in [-0.2, 0) is 0 Å². The Morgan fingerprint density at radius 1 is 1.19 bits per heavy atom. The molecule has 1 fully saturated rings. The average molecular weight is 233 g/mol. The molecule has 82 valence electrons. The molecule has 0 radical (unpaired) electrons. The van der Waals surface area contributed by atoms with Crippen LogP contribution in [0.3, 0.4) is 0 Å². The van der Waals surface area contributed by atoms with Crippen molar-refractivity contribution in [2.45, 2.75) is 18.9 Å². The first-order chi connectivity index (χ1) is 7.83. The molecular formula is C11H11N3OS. The van der Waals surface area contributed by atoms with Crippen LogP contribution in [0.5, 0.6) is 5.75 Å². The van der Waals surface area contributed by atoms with E-state index < -0.39 is 0 Å². The lowest BCUT2D eigenvalue weighted by molar-refractivity contribution is 0.303. The van der Waals surface area contributed by atoms with Crippen molar-refractivity contribution in [1.29, 1.82) is 0 Å². The van der Waals surface area contributed by atoms with Crippen LogP contribution in [0.4, 0.5) is 5.82 Å². The Hall–Kier alpha value is -1.62. The Morgan fingerprint density at radius 2 is 1.94 bits per heavy atom. The van der Waals surface area contributed by atoms with Crippen LogP contribution in [0.15, 0.2) is 24.3 Å². The van der Waals surface area contributed by atoms with Gasteiger partial charge in [0, 0.05) is 5.56 Å². The normalized spacial score (nSPS) is 15.0. The molecule has 0 bridgehead atoms. The van der Waals surface area contributed by atoms with E-state index in [4.69, 9.17) is 10.5 Å². The second-order valence-corrected chi connectivity index (χ2v) is 4.37. The fraction of sp³-hybridized carbons (Fsp3) is 0.273. The van der Waals surface area contributed by atoms with Crippen LogP contribution in [0.2, 0.25) is 0 Å². The molecule has 0 amide bonds. The number of nitrogen functional groups attached to an aromatic ring is 1. The van der Waals surface area contributed by atoms with Gasteiger partial charge in [-0.05, 0) is 37.1 Å². The minimum Gasteiger partial charge on any atom is -0.490 e. The predicted octanol–water partition coefficient (Wildman–Crippen LogP) is 2.33. The van der Waals surface area contributed by atoms with E-state index in [0.717, 1.165) is 28.7 Å². The summed E-state index contributed by atoms with van der Waals surface area (Å²) < 4.78 is 13.8. The lowest BCUT2D eigenvalue weighted by Crippen LogP contribution is -1.95. The summed E-state index contributed by atoms with van der Waals surface area (Å²) in [4.78, 5) is 0. The van der Waals surface area contributed by atoms with Crippen molar-refractivity contribution in [2.75, 3.05) is 5.73 Å². The molecule has 16 heavy (non-hydrogen) atoms. The quantitative estimate of drug-likeness (QED) is 0.883. The molecule has 2 N–H and O–H groups in total. The maximum Gasteiger partial charge on any atom is 0.165 e. The zero-order valence-corrected chi connectivity index (χ0v) is 9.41. The number of hydrogen-bond acceptors (Lipinski definition) is 5. The summed E-state index contributed by atoms with van der Waals surface area (Å²) in [6.07, 6.45) is 2.77. The van der Waals surface area contributed by atoms with E-state index in [0.29, 0.717) is 11.9 Å². The first-order valence-electron chi connectivity index (χ1n) is 5.18. The molecular weight excluding hydrogens is 222 g/mol. The number of aromatic nitrogens is 2. The lowest BCUT2D eigenvalue weighted by atomic mass is 10.1. The van der Waals surface area contributed by atoms with Crippen molar-refractivity contribution < 1.29 is 4.74 Å². The van der Waals surface area contributed by atoms with E-state index in [1.807, 2.05) is 24.3 Å². The number of rotatable bonds is 3. The van der Waals surface area contributed by atoms with Crippen LogP contribution in [0, 0.1) is 0 Å². The number of benzene rings is 1. The number of nitrogens with zero attached hydrogens (tertiary/aromatic N) is 2. The van der Waals surface area contributed by atoms with Gasteiger partial charge in [0.25, 0.3) is 0 Å².